The highest BCUT2D eigenvalue weighted by Crippen LogP contribution is 2.66. The van der Waals surface area contributed by atoms with E-state index >= 15 is 0 Å². The number of hydrogen-bond donors (Lipinski definition) is 5. The zero-order chi connectivity index (χ0) is 23.0. The highest BCUT2D eigenvalue weighted by Gasteiger charge is 2.51. The van der Waals surface area contributed by atoms with E-state index in [-0.39, 0.29) is 5.82 Å². The Morgan fingerprint density at radius 2 is 1.90 bits per heavy atom. The van der Waals surface area contributed by atoms with Gasteiger partial charge in [-0.15, -0.1) is 0 Å². The summed E-state index contributed by atoms with van der Waals surface area (Å²) in [5.74, 6) is -0.172. The Kier molecular flexibility index (Phi) is 7.39. The van der Waals surface area contributed by atoms with E-state index in [1.54, 1.807) is 0 Å². The molecular weight excluding hydrogens is 485 g/mol. The molecule has 30 heavy (non-hydrogen) atoms. The van der Waals surface area contributed by atoms with Gasteiger partial charge in [0.1, 0.15) is 24.3 Å². The molecule has 6 N–H and O–H groups in total. The minimum atomic E-state index is -5.79. The summed E-state index contributed by atoms with van der Waals surface area (Å²) in [6.45, 7) is -2.71. The largest absolute Gasteiger partial charge is 0.490 e. The van der Waals surface area contributed by atoms with Crippen molar-refractivity contribution >= 4 is 29.3 Å². The first kappa shape index (κ1) is 25.2. The monoisotopic (exact) mass is 501 g/mol. The van der Waals surface area contributed by atoms with Crippen molar-refractivity contribution in [2.24, 2.45) is 0 Å². The molecule has 0 saturated carbocycles. The summed E-state index contributed by atoms with van der Waals surface area (Å²) < 4.78 is 78.7. The summed E-state index contributed by atoms with van der Waals surface area (Å²) in [7, 11) is -17.0. The topological polar surface area (TPSA) is 230 Å². The predicted molar refractivity (Wildman–Crippen MR) is 91.1 cm³/mol. The molecular formula is C10H16F2N3O12P3. The Hall–Kier alpha value is -1.09. The van der Waals surface area contributed by atoms with Gasteiger partial charge in [0, 0.05) is 12.6 Å². The number of nitrogens with two attached hydrogens (primary N) is 1. The second kappa shape index (κ2) is 8.81. The first-order chi connectivity index (χ1) is 13.6. The van der Waals surface area contributed by atoms with Crippen molar-refractivity contribution in [3.63, 3.8) is 0 Å². The van der Waals surface area contributed by atoms with Crippen molar-refractivity contribution in [1.82, 2.24) is 9.55 Å². The standard InChI is InChI=1S/C10H16F2N3O12P3/c11-4-10(5-24-29(20,21)27-30(22,23)26-28(17,18)19)3-6(12)8(25-10)15-2-1-7(13)14-9(15)16/h1-2,6,8H,3-5H2,(H,20,21)(H,22,23)(H2,13,14,16)(H2,17,18,19)/t6-,8+,10+/m0/s1. The third-order valence-electron chi connectivity index (χ3n) is 3.52. The maximum Gasteiger partial charge on any atom is 0.490 e. The number of nitrogens with zero attached hydrogens (tertiary/aromatic N) is 2. The van der Waals surface area contributed by atoms with Crippen molar-refractivity contribution < 1.29 is 59.9 Å². The number of phosphoric ester groups is 1. The highest BCUT2D eigenvalue weighted by molar-refractivity contribution is 7.66. The maximum absolute atomic E-state index is 14.4. The molecule has 0 amide bonds. The van der Waals surface area contributed by atoms with Gasteiger partial charge in [-0.05, 0) is 6.07 Å². The van der Waals surface area contributed by atoms with Crippen molar-refractivity contribution in [1.29, 1.82) is 0 Å². The fraction of sp³-hybridized carbons (Fsp3) is 0.600. The van der Waals surface area contributed by atoms with Crippen LogP contribution in [0.4, 0.5) is 14.6 Å². The lowest BCUT2D eigenvalue weighted by Crippen LogP contribution is -2.38. The van der Waals surface area contributed by atoms with Crippen LogP contribution in [0.5, 0.6) is 0 Å². The summed E-state index contributed by atoms with van der Waals surface area (Å²) in [5, 5.41) is 0. The van der Waals surface area contributed by atoms with Crippen molar-refractivity contribution in [3.05, 3.63) is 22.7 Å². The second-order valence-corrected chi connectivity index (χ2v) is 10.4. The Bertz CT molecular complexity index is 986. The average molecular weight is 501 g/mol. The van der Waals surface area contributed by atoms with Gasteiger partial charge >= 0.3 is 29.2 Å². The van der Waals surface area contributed by atoms with Gasteiger partial charge in [-0.3, -0.25) is 9.09 Å². The van der Waals surface area contributed by atoms with Crippen LogP contribution in [0.3, 0.4) is 0 Å². The normalized spacial score (nSPS) is 28.7. The first-order valence-corrected chi connectivity index (χ1v) is 12.1. The third kappa shape index (κ3) is 6.70. The summed E-state index contributed by atoms with van der Waals surface area (Å²) in [6.07, 6.45) is -3.46. The van der Waals surface area contributed by atoms with E-state index in [2.05, 4.69) is 18.1 Å². The molecule has 1 aliphatic rings. The van der Waals surface area contributed by atoms with Crippen LogP contribution in [-0.2, 0) is 31.6 Å². The first-order valence-electron chi connectivity index (χ1n) is 7.58. The maximum atomic E-state index is 14.4. The highest BCUT2D eigenvalue weighted by atomic mass is 31.3. The molecule has 1 aromatic rings. The number of phosphoric acid groups is 3. The molecule has 0 aromatic carbocycles. The van der Waals surface area contributed by atoms with Crippen molar-refractivity contribution in [2.45, 2.75) is 24.4 Å². The van der Waals surface area contributed by atoms with Gasteiger partial charge in [-0.2, -0.15) is 13.6 Å². The molecule has 0 aliphatic carbocycles. The summed E-state index contributed by atoms with van der Waals surface area (Å²) >= 11 is 0. The van der Waals surface area contributed by atoms with E-state index in [1.165, 1.54) is 0 Å². The molecule has 1 aromatic heterocycles. The number of alkyl halides is 2. The lowest BCUT2D eigenvalue weighted by atomic mass is 10.0. The second-order valence-electron chi connectivity index (χ2n) is 5.95. The number of ether oxygens (including phenoxy) is 1. The Labute approximate surface area is 165 Å². The van der Waals surface area contributed by atoms with Gasteiger partial charge in [-0.25, -0.2) is 27.3 Å². The van der Waals surface area contributed by atoms with E-state index in [9.17, 15) is 32.2 Å². The lowest BCUT2D eigenvalue weighted by molar-refractivity contribution is -0.113. The van der Waals surface area contributed by atoms with E-state index < -0.39 is 66.9 Å². The van der Waals surface area contributed by atoms with Gasteiger partial charge < -0.3 is 30.0 Å². The smallest absolute Gasteiger partial charge is 0.383 e. The van der Waals surface area contributed by atoms with Gasteiger partial charge in [0.25, 0.3) is 0 Å². The van der Waals surface area contributed by atoms with Crippen LogP contribution in [0.15, 0.2) is 17.1 Å². The fourth-order valence-electron chi connectivity index (χ4n) is 2.40. The number of aromatic nitrogens is 2. The number of nitrogen functional groups attached to an aromatic ring is 1. The van der Waals surface area contributed by atoms with Gasteiger partial charge in [-0.1, -0.05) is 0 Å². The SMILES string of the molecule is Nc1ccn([C@@H]2O[C@](CF)(COP(=O)(O)OP(=O)(O)OP(=O)(O)O)C[C@@H]2F)c(=O)n1. The molecule has 0 spiro atoms. The zero-order valence-electron chi connectivity index (χ0n) is 14.6. The quantitative estimate of drug-likeness (QED) is 0.283. The van der Waals surface area contributed by atoms with Crippen LogP contribution < -0.4 is 11.4 Å². The van der Waals surface area contributed by atoms with Crippen molar-refractivity contribution in [2.75, 3.05) is 19.0 Å². The molecule has 5 atom stereocenters. The summed E-state index contributed by atoms with van der Waals surface area (Å²) in [4.78, 5) is 50.6. The number of anilines is 1. The van der Waals surface area contributed by atoms with E-state index in [1.807, 2.05) is 0 Å². The average Bonchev–Trinajstić information content (AvgIpc) is 2.87. The molecule has 15 nitrogen and oxygen atoms in total. The molecule has 2 rings (SSSR count). The van der Waals surface area contributed by atoms with Gasteiger partial charge in [0.2, 0.25) is 0 Å². The molecule has 0 bridgehead atoms. The van der Waals surface area contributed by atoms with Gasteiger partial charge in [0.05, 0.1) is 6.61 Å². The molecule has 1 fully saturated rings. The summed E-state index contributed by atoms with van der Waals surface area (Å²) in [5.41, 5.74) is 2.06. The van der Waals surface area contributed by atoms with Crippen LogP contribution >= 0.6 is 23.5 Å². The Morgan fingerprint density at radius 1 is 1.27 bits per heavy atom. The minimum absolute atomic E-state index is 0.172. The molecule has 20 heteroatoms. The molecule has 1 saturated heterocycles. The molecule has 2 heterocycles. The van der Waals surface area contributed by atoms with Crippen LogP contribution in [0.2, 0.25) is 0 Å². The number of halogens is 2. The Balaban J connectivity index is 2.12. The van der Waals surface area contributed by atoms with E-state index in [0.29, 0.717) is 4.57 Å². The fourth-order valence-corrected chi connectivity index (χ4v) is 5.50. The van der Waals surface area contributed by atoms with Crippen LogP contribution in [0.25, 0.3) is 0 Å². The molecule has 2 unspecified atom stereocenters. The van der Waals surface area contributed by atoms with Crippen molar-refractivity contribution in [3.8, 4) is 0 Å². The Morgan fingerprint density at radius 3 is 2.43 bits per heavy atom. The van der Waals surface area contributed by atoms with E-state index in [4.69, 9.17) is 25.2 Å². The number of hydrogen-bond acceptors (Lipinski definition) is 10. The van der Waals surface area contributed by atoms with Crippen LogP contribution in [0.1, 0.15) is 12.6 Å². The van der Waals surface area contributed by atoms with Gasteiger partial charge in [0.15, 0.2) is 6.23 Å². The lowest BCUT2D eigenvalue weighted by Gasteiger charge is -2.26. The molecule has 172 valence electrons. The van der Waals surface area contributed by atoms with Crippen LogP contribution in [0, 0.1) is 0 Å². The third-order valence-corrected chi connectivity index (χ3v) is 7.31. The summed E-state index contributed by atoms with van der Waals surface area (Å²) in [6, 6.07) is 1.14. The minimum Gasteiger partial charge on any atom is -0.383 e. The number of rotatable bonds is 9. The molecule has 0 radical (unpaired) electrons. The molecule has 1 aliphatic heterocycles. The zero-order valence-corrected chi connectivity index (χ0v) is 17.2. The van der Waals surface area contributed by atoms with E-state index in [0.717, 1.165) is 12.3 Å². The predicted octanol–water partition coefficient (Wildman–Crippen LogP) is 0.134. The van der Waals surface area contributed by atoms with Crippen LogP contribution in [-0.4, -0.2) is 54.2 Å².